The Morgan fingerprint density at radius 3 is 2.35 bits per heavy atom. The maximum atomic E-state index is 14.6. The maximum absolute atomic E-state index is 14.6. The van der Waals surface area contributed by atoms with Crippen LogP contribution >= 0.6 is 0 Å². The predicted octanol–water partition coefficient (Wildman–Crippen LogP) is 6.63. The van der Waals surface area contributed by atoms with Gasteiger partial charge < -0.3 is 14.2 Å². The first-order chi connectivity index (χ1) is 15.1. The Balaban J connectivity index is 1.52. The first kappa shape index (κ1) is 23.4. The molecule has 168 valence electrons. The van der Waals surface area contributed by atoms with Crippen molar-refractivity contribution < 1.29 is 23.4 Å². The Labute approximate surface area is 184 Å². The van der Waals surface area contributed by atoms with E-state index >= 15 is 0 Å². The molecule has 2 aromatic carbocycles. The summed E-state index contributed by atoms with van der Waals surface area (Å²) in [6, 6.07) is 11.8. The first-order valence-corrected chi connectivity index (χ1v) is 11.4. The highest BCUT2D eigenvalue weighted by molar-refractivity contribution is 5.91. The van der Waals surface area contributed by atoms with Gasteiger partial charge in [-0.05, 0) is 49.1 Å². The molecule has 1 fully saturated rings. The van der Waals surface area contributed by atoms with E-state index in [0.29, 0.717) is 30.4 Å². The molecule has 1 heterocycles. The van der Waals surface area contributed by atoms with Crippen LogP contribution in [0.25, 0.3) is 0 Å². The zero-order valence-corrected chi connectivity index (χ0v) is 18.6. The van der Waals surface area contributed by atoms with E-state index in [1.807, 2.05) is 12.1 Å². The minimum absolute atomic E-state index is 0.156. The van der Waals surface area contributed by atoms with Crippen LogP contribution in [0.1, 0.15) is 80.1 Å². The average molecular weight is 429 g/mol. The van der Waals surface area contributed by atoms with Crippen LogP contribution in [0, 0.1) is 11.7 Å². The summed E-state index contributed by atoms with van der Waals surface area (Å²) in [6.07, 6.45) is 7.46. The number of carbonyl (C=O) groups is 1. The fourth-order valence-electron chi connectivity index (χ4n) is 3.63. The van der Waals surface area contributed by atoms with Crippen LogP contribution in [-0.4, -0.2) is 19.2 Å². The van der Waals surface area contributed by atoms with Crippen molar-refractivity contribution >= 4 is 5.97 Å². The van der Waals surface area contributed by atoms with Crippen LogP contribution in [0.4, 0.5) is 4.39 Å². The maximum Gasteiger partial charge on any atom is 0.343 e. The second-order valence-corrected chi connectivity index (χ2v) is 8.21. The molecule has 1 aliphatic heterocycles. The molecule has 0 atom stereocenters. The largest absolute Gasteiger partial charge is 0.423 e. The number of rotatable bonds is 10. The molecule has 0 spiro atoms. The van der Waals surface area contributed by atoms with Crippen LogP contribution in [0.2, 0.25) is 0 Å². The quantitative estimate of drug-likeness (QED) is 0.242. The highest BCUT2D eigenvalue weighted by Crippen LogP contribution is 2.28. The Bertz CT molecular complexity index is 826. The topological polar surface area (TPSA) is 44.8 Å². The molecule has 0 unspecified atom stereocenters. The van der Waals surface area contributed by atoms with Crippen molar-refractivity contribution in [3.63, 3.8) is 0 Å². The molecule has 3 rings (SSSR count). The van der Waals surface area contributed by atoms with E-state index in [-0.39, 0.29) is 5.56 Å². The Hall–Kier alpha value is -2.24. The van der Waals surface area contributed by atoms with Crippen molar-refractivity contribution in [2.24, 2.45) is 5.92 Å². The van der Waals surface area contributed by atoms with E-state index in [4.69, 9.17) is 14.2 Å². The second-order valence-electron chi connectivity index (χ2n) is 8.21. The van der Waals surface area contributed by atoms with E-state index in [1.165, 1.54) is 43.4 Å². The van der Waals surface area contributed by atoms with Gasteiger partial charge in [0.25, 0.3) is 0 Å². The number of benzene rings is 2. The number of carbonyl (C=O) groups excluding carboxylic acids is 1. The highest BCUT2D eigenvalue weighted by Gasteiger charge is 2.25. The van der Waals surface area contributed by atoms with Gasteiger partial charge in [0.2, 0.25) is 0 Å². The van der Waals surface area contributed by atoms with Crippen LogP contribution in [0.15, 0.2) is 42.5 Å². The molecule has 2 aromatic rings. The van der Waals surface area contributed by atoms with Crippen molar-refractivity contribution in [1.29, 1.82) is 0 Å². The van der Waals surface area contributed by atoms with Crippen molar-refractivity contribution in [2.75, 3.05) is 13.2 Å². The van der Waals surface area contributed by atoms with Gasteiger partial charge in [0.05, 0.1) is 18.8 Å². The molecular weight excluding hydrogens is 395 g/mol. The average Bonchev–Trinajstić information content (AvgIpc) is 2.80. The van der Waals surface area contributed by atoms with Gasteiger partial charge in [-0.2, -0.15) is 0 Å². The summed E-state index contributed by atoms with van der Waals surface area (Å²) >= 11 is 0. The lowest BCUT2D eigenvalue weighted by Crippen LogP contribution is -2.27. The third-order valence-electron chi connectivity index (χ3n) is 5.74. The minimum Gasteiger partial charge on any atom is -0.423 e. The summed E-state index contributed by atoms with van der Waals surface area (Å²) < 4.78 is 31.3. The molecule has 0 bridgehead atoms. The summed E-state index contributed by atoms with van der Waals surface area (Å²) in [5.74, 6) is -0.336. The Morgan fingerprint density at radius 1 is 1.00 bits per heavy atom. The van der Waals surface area contributed by atoms with Gasteiger partial charge in [-0.1, -0.05) is 57.7 Å². The molecule has 0 radical (unpaired) electrons. The molecule has 5 heteroatoms. The smallest absolute Gasteiger partial charge is 0.343 e. The number of hydrogen-bond donors (Lipinski definition) is 0. The molecule has 0 aromatic heterocycles. The molecule has 0 N–H and O–H groups in total. The molecular formula is C26H33FO4. The molecule has 0 aliphatic carbocycles. The molecule has 4 nitrogen and oxygen atoms in total. The number of halogens is 1. The predicted molar refractivity (Wildman–Crippen MR) is 119 cm³/mol. The summed E-state index contributed by atoms with van der Waals surface area (Å²) in [4.78, 5) is 12.4. The van der Waals surface area contributed by atoms with E-state index in [0.717, 1.165) is 19.3 Å². The number of unbranched alkanes of at least 4 members (excludes halogenated alkanes) is 4. The normalized spacial score (nSPS) is 18.7. The molecule has 1 saturated heterocycles. The number of ether oxygens (including phenoxy) is 3. The summed E-state index contributed by atoms with van der Waals surface area (Å²) in [6.45, 7) is 5.36. The molecule has 31 heavy (non-hydrogen) atoms. The minimum atomic E-state index is -0.734. The van der Waals surface area contributed by atoms with Gasteiger partial charge in [-0.15, -0.1) is 0 Å². The third kappa shape index (κ3) is 6.88. The van der Waals surface area contributed by atoms with Gasteiger partial charge in [0.1, 0.15) is 11.6 Å². The summed E-state index contributed by atoms with van der Waals surface area (Å²) in [7, 11) is 0. The van der Waals surface area contributed by atoms with Crippen LogP contribution in [0.5, 0.6) is 5.75 Å². The SMILES string of the molecule is CCCCCCCc1ccc(OC(=O)c2ccc(C3OCC(CC)CO3)c(F)c2)cc1. The summed E-state index contributed by atoms with van der Waals surface area (Å²) in [5.41, 5.74) is 1.68. The summed E-state index contributed by atoms with van der Waals surface area (Å²) in [5, 5.41) is 0. The monoisotopic (exact) mass is 428 g/mol. The fourth-order valence-corrected chi connectivity index (χ4v) is 3.63. The number of hydrogen-bond acceptors (Lipinski definition) is 4. The van der Waals surface area contributed by atoms with E-state index in [9.17, 15) is 9.18 Å². The highest BCUT2D eigenvalue weighted by atomic mass is 19.1. The lowest BCUT2D eigenvalue weighted by molar-refractivity contribution is -0.206. The van der Waals surface area contributed by atoms with Gasteiger partial charge >= 0.3 is 5.97 Å². The zero-order chi connectivity index (χ0) is 22.1. The van der Waals surface area contributed by atoms with Gasteiger partial charge in [-0.3, -0.25) is 0 Å². The Kier molecular flexibility index (Phi) is 9.04. The molecule has 0 saturated carbocycles. The lowest BCUT2D eigenvalue weighted by Gasteiger charge is -2.29. The first-order valence-electron chi connectivity index (χ1n) is 11.4. The fraction of sp³-hybridized carbons (Fsp3) is 0.500. The van der Waals surface area contributed by atoms with E-state index < -0.39 is 18.1 Å². The zero-order valence-electron chi connectivity index (χ0n) is 18.6. The van der Waals surface area contributed by atoms with E-state index in [1.54, 1.807) is 18.2 Å². The van der Waals surface area contributed by atoms with Crippen molar-refractivity contribution in [2.45, 2.75) is 65.1 Å². The van der Waals surface area contributed by atoms with Crippen LogP contribution < -0.4 is 4.74 Å². The van der Waals surface area contributed by atoms with Crippen LogP contribution in [-0.2, 0) is 15.9 Å². The second kappa shape index (κ2) is 12.0. The van der Waals surface area contributed by atoms with Crippen molar-refractivity contribution in [3.8, 4) is 5.75 Å². The number of esters is 1. The van der Waals surface area contributed by atoms with Crippen LogP contribution in [0.3, 0.4) is 0 Å². The third-order valence-corrected chi connectivity index (χ3v) is 5.74. The Morgan fingerprint density at radius 2 is 1.71 bits per heavy atom. The van der Waals surface area contributed by atoms with Gasteiger partial charge in [0.15, 0.2) is 6.29 Å². The van der Waals surface area contributed by atoms with E-state index in [2.05, 4.69) is 13.8 Å². The number of aryl methyl sites for hydroxylation is 1. The van der Waals surface area contributed by atoms with Crippen molar-refractivity contribution in [3.05, 3.63) is 65.0 Å². The van der Waals surface area contributed by atoms with Gasteiger partial charge in [0, 0.05) is 11.5 Å². The van der Waals surface area contributed by atoms with Crippen molar-refractivity contribution in [1.82, 2.24) is 0 Å². The lowest BCUT2D eigenvalue weighted by atomic mass is 10.1. The van der Waals surface area contributed by atoms with Gasteiger partial charge in [-0.25, -0.2) is 9.18 Å². The molecule has 0 amide bonds. The standard InChI is InChI=1S/C26H33FO4/c1-3-5-6-7-8-9-20-10-13-22(14-11-20)31-25(28)21-12-15-23(24(27)16-21)26-29-17-19(4-2)18-30-26/h10-16,19,26H,3-9,17-18H2,1-2H3. The molecule has 1 aliphatic rings.